The molecule has 1 aliphatic heterocycles. The van der Waals surface area contributed by atoms with Crippen molar-refractivity contribution in [2.24, 2.45) is 0 Å². The maximum atomic E-state index is 5.90. The second kappa shape index (κ2) is 4.93. The zero-order chi connectivity index (χ0) is 11.5. The van der Waals surface area contributed by atoms with E-state index in [0.29, 0.717) is 11.6 Å². The quantitative estimate of drug-likeness (QED) is 0.883. The molecule has 0 spiro atoms. The lowest BCUT2D eigenvalue weighted by Crippen LogP contribution is -2.35. The largest absolute Gasteiger partial charge is 0.484 e. The molecule has 0 radical (unpaired) electrons. The molecule has 1 aromatic rings. The van der Waals surface area contributed by atoms with E-state index in [9.17, 15) is 0 Å². The number of rotatable bonds is 3. The molecular formula is C12H16ClNO2. The summed E-state index contributed by atoms with van der Waals surface area (Å²) in [5, 5.41) is 4.00. The van der Waals surface area contributed by atoms with Gasteiger partial charge in [0.15, 0.2) is 0 Å². The third-order valence-electron chi connectivity index (χ3n) is 2.37. The van der Waals surface area contributed by atoms with E-state index in [4.69, 9.17) is 21.1 Å². The van der Waals surface area contributed by atoms with Crippen LogP contribution in [0.5, 0.6) is 5.75 Å². The van der Waals surface area contributed by atoms with Gasteiger partial charge in [-0.2, -0.15) is 0 Å². The first-order chi connectivity index (χ1) is 7.65. The van der Waals surface area contributed by atoms with Crippen LogP contribution in [-0.4, -0.2) is 25.4 Å². The molecule has 88 valence electrons. The molecule has 0 saturated carbocycles. The molecule has 1 heterocycles. The Balaban J connectivity index is 1.98. The third kappa shape index (κ3) is 2.80. The molecule has 0 fully saturated rings. The van der Waals surface area contributed by atoms with E-state index in [2.05, 4.69) is 5.32 Å². The van der Waals surface area contributed by atoms with E-state index in [0.717, 1.165) is 18.0 Å². The van der Waals surface area contributed by atoms with Gasteiger partial charge in [-0.1, -0.05) is 11.6 Å². The Morgan fingerprint density at radius 2 is 2.38 bits per heavy atom. The molecule has 16 heavy (non-hydrogen) atoms. The van der Waals surface area contributed by atoms with Gasteiger partial charge in [0, 0.05) is 5.02 Å². The van der Waals surface area contributed by atoms with Gasteiger partial charge in [-0.05, 0) is 32.0 Å². The van der Waals surface area contributed by atoms with Crippen LogP contribution in [0.25, 0.3) is 0 Å². The second-order valence-corrected chi connectivity index (χ2v) is 4.58. The van der Waals surface area contributed by atoms with Gasteiger partial charge >= 0.3 is 0 Å². The minimum Gasteiger partial charge on any atom is -0.484 e. The molecule has 1 aliphatic rings. The maximum Gasteiger partial charge on any atom is 0.143 e. The number of halogens is 1. The number of hydrogen-bond acceptors (Lipinski definition) is 3. The third-order valence-corrected chi connectivity index (χ3v) is 2.61. The van der Waals surface area contributed by atoms with E-state index in [1.54, 1.807) is 0 Å². The van der Waals surface area contributed by atoms with Crippen LogP contribution in [0, 0.1) is 0 Å². The minimum atomic E-state index is 0.0658. The molecule has 0 bridgehead atoms. The summed E-state index contributed by atoms with van der Waals surface area (Å²) in [5.74, 6) is 0.841. The fourth-order valence-electron chi connectivity index (χ4n) is 1.58. The lowest BCUT2D eigenvalue weighted by molar-refractivity contribution is 0.0190. The molecule has 0 aromatic heterocycles. The fourth-order valence-corrected chi connectivity index (χ4v) is 1.75. The van der Waals surface area contributed by atoms with Crippen molar-refractivity contribution in [2.75, 3.05) is 18.5 Å². The van der Waals surface area contributed by atoms with Gasteiger partial charge in [0.25, 0.3) is 0 Å². The Kier molecular flexibility index (Phi) is 3.56. The van der Waals surface area contributed by atoms with Crippen molar-refractivity contribution in [1.29, 1.82) is 0 Å². The molecule has 0 aliphatic carbocycles. The Morgan fingerprint density at radius 3 is 3.12 bits per heavy atom. The Morgan fingerprint density at radius 1 is 1.56 bits per heavy atom. The minimum absolute atomic E-state index is 0.0658. The van der Waals surface area contributed by atoms with E-state index in [1.807, 2.05) is 32.0 Å². The Bertz CT molecular complexity index is 368. The molecule has 1 aromatic carbocycles. The first-order valence-corrected chi connectivity index (χ1v) is 5.84. The van der Waals surface area contributed by atoms with E-state index in [1.165, 1.54) is 0 Å². The van der Waals surface area contributed by atoms with E-state index < -0.39 is 0 Å². The smallest absolute Gasteiger partial charge is 0.143 e. The van der Waals surface area contributed by atoms with Crippen LogP contribution < -0.4 is 10.1 Å². The highest BCUT2D eigenvalue weighted by Gasteiger charge is 2.19. The summed E-state index contributed by atoms with van der Waals surface area (Å²) in [6.45, 7) is 5.39. The van der Waals surface area contributed by atoms with Crippen LogP contribution in [0.4, 0.5) is 5.69 Å². The molecule has 0 saturated heterocycles. The Hall–Kier alpha value is -0.930. The number of anilines is 1. The van der Waals surface area contributed by atoms with Crippen LogP contribution in [-0.2, 0) is 4.74 Å². The lowest BCUT2D eigenvalue weighted by Gasteiger charge is -2.27. The maximum absolute atomic E-state index is 5.90. The van der Waals surface area contributed by atoms with Crippen molar-refractivity contribution in [3.05, 3.63) is 23.2 Å². The number of hydrogen-bond donors (Lipinski definition) is 1. The van der Waals surface area contributed by atoms with Crippen molar-refractivity contribution < 1.29 is 9.47 Å². The van der Waals surface area contributed by atoms with Gasteiger partial charge < -0.3 is 14.8 Å². The van der Waals surface area contributed by atoms with Crippen molar-refractivity contribution >= 4 is 17.3 Å². The first-order valence-electron chi connectivity index (χ1n) is 5.47. The van der Waals surface area contributed by atoms with Gasteiger partial charge in [-0.3, -0.25) is 0 Å². The zero-order valence-electron chi connectivity index (χ0n) is 9.50. The van der Waals surface area contributed by atoms with Crippen molar-refractivity contribution in [3.63, 3.8) is 0 Å². The number of benzene rings is 1. The predicted octanol–water partition coefficient (Wildman–Crippen LogP) is 2.94. The van der Waals surface area contributed by atoms with Gasteiger partial charge in [0.1, 0.15) is 11.9 Å². The molecular weight excluding hydrogens is 226 g/mol. The van der Waals surface area contributed by atoms with Crippen molar-refractivity contribution in [2.45, 2.75) is 26.1 Å². The number of nitrogens with one attached hydrogen (secondary N) is 1. The van der Waals surface area contributed by atoms with Gasteiger partial charge in [0.05, 0.1) is 24.9 Å². The topological polar surface area (TPSA) is 30.5 Å². The molecule has 0 amide bonds. The van der Waals surface area contributed by atoms with Gasteiger partial charge in [-0.25, -0.2) is 0 Å². The summed E-state index contributed by atoms with van der Waals surface area (Å²) < 4.78 is 11.3. The average molecular weight is 242 g/mol. The van der Waals surface area contributed by atoms with Gasteiger partial charge in [0.2, 0.25) is 0 Å². The average Bonchev–Trinajstić information content (AvgIpc) is 2.26. The highest BCUT2D eigenvalue weighted by molar-refractivity contribution is 6.30. The standard InChI is InChI=1S/C12H16ClNO2/c1-8(2)15-7-10-6-14-11-5-9(13)3-4-12(11)16-10/h3-5,8,10,14H,6-7H2,1-2H3. The number of fused-ring (bicyclic) bond motifs is 1. The van der Waals surface area contributed by atoms with Gasteiger partial charge in [-0.15, -0.1) is 0 Å². The number of ether oxygens (including phenoxy) is 2. The lowest BCUT2D eigenvalue weighted by atomic mass is 10.2. The second-order valence-electron chi connectivity index (χ2n) is 4.14. The zero-order valence-corrected chi connectivity index (χ0v) is 10.3. The van der Waals surface area contributed by atoms with E-state index in [-0.39, 0.29) is 12.2 Å². The normalized spacial score (nSPS) is 18.9. The summed E-state index contributed by atoms with van der Waals surface area (Å²) in [7, 11) is 0. The van der Waals surface area contributed by atoms with E-state index >= 15 is 0 Å². The van der Waals surface area contributed by atoms with Crippen LogP contribution >= 0.6 is 11.6 Å². The molecule has 3 nitrogen and oxygen atoms in total. The van der Waals surface area contributed by atoms with Crippen molar-refractivity contribution in [3.8, 4) is 5.75 Å². The Labute approximate surface area is 101 Å². The van der Waals surface area contributed by atoms with Crippen molar-refractivity contribution in [1.82, 2.24) is 0 Å². The predicted molar refractivity (Wildman–Crippen MR) is 65.4 cm³/mol. The highest BCUT2D eigenvalue weighted by Crippen LogP contribution is 2.31. The summed E-state index contributed by atoms with van der Waals surface area (Å²) >= 11 is 5.90. The summed E-state index contributed by atoms with van der Waals surface area (Å²) in [6, 6.07) is 5.58. The molecule has 4 heteroatoms. The van der Waals surface area contributed by atoms with Crippen LogP contribution in [0.15, 0.2) is 18.2 Å². The van der Waals surface area contributed by atoms with Crippen LogP contribution in [0.1, 0.15) is 13.8 Å². The summed E-state index contributed by atoms with van der Waals surface area (Å²) in [5.41, 5.74) is 0.952. The highest BCUT2D eigenvalue weighted by atomic mass is 35.5. The SMILES string of the molecule is CC(C)OCC1CNc2cc(Cl)ccc2O1. The fraction of sp³-hybridized carbons (Fsp3) is 0.500. The first kappa shape index (κ1) is 11.6. The summed E-state index contributed by atoms with van der Waals surface area (Å²) in [4.78, 5) is 0. The molecule has 1 unspecified atom stereocenters. The molecule has 1 atom stereocenters. The van der Waals surface area contributed by atoms with Crippen LogP contribution in [0.3, 0.4) is 0 Å². The monoisotopic (exact) mass is 241 g/mol. The summed E-state index contributed by atoms with van der Waals surface area (Å²) in [6.07, 6.45) is 0.297. The van der Waals surface area contributed by atoms with Crippen LogP contribution in [0.2, 0.25) is 5.02 Å². The molecule has 1 N–H and O–H groups in total. The molecule has 2 rings (SSSR count).